The second kappa shape index (κ2) is 5.79. The smallest absolute Gasteiger partial charge is 0.343 e. The number of nitrogens with zero attached hydrogens (tertiary/aromatic N) is 2. The van der Waals surface area contributed by atoms with Crippen molar-refractivity contribution in [2.24, 2.45) is 5.73 Å². The number of hydrogen-bond donors (Lipinski definition) is 2. The molecule has 0 saturated carbocycles. The molecule has 0 aliphatic rings. The number of H-pyrrole nitrogens is 1. The van der Waals surface area contributed by atoms with E-state index >= 15 is 0 Å². The van der Waals surface area contributed by atoms with E-state index in [-0.39, 0.29) is 24.2 Å². The van der Waals surface area contributed by atoms with Crippen LogP contribution in [-0.4, -0.2) is 21.1 Å². The first kappa shape index (κ1) is 16.3. The second-order valence-electron chi connectivity index (χ2n) is 5.42. The van der Waals surface area contributed by atoms with Gasteiger partial charge in [-0.05, 0) is 25.5 Å². The minimum absolute atomic E-state index is 0.0248. The van der Waals surface area contributed by atoms with E-state index in [0.29, 0.717) is 16.8 Å². The Morgan fingerprint density at radius 2 is 1.92 bits per heavy atom. The van der Waals surface area contributed by atoms with Gasteiger partial charge in [0.2, 0.25) is 0 Å². The highest BCUT2D eigenvalue weighted by atomic mass is 19.4. The number of alkyl halides is 3. The van der Waals surface area contributed by atoms with E-state index in [1.807, 2.05) is 0 Å². The maximum absolute atomic E-state index is 13.4. The topological polar surface area (TPSA) is 76.2 Å². The molecule has 0 unspecified atom stereocenters. The van der Waals surface area contributed by atoms with Crippen molar-refractivity contribution in [3.05, 3.63) is 57.6 Å². The van der Waals surface area contributed by atoms with E-state index in [9.17, 15) is 18.0 Å². The summed E-state index contributed by atoms with van der Waals surface area (Å²) >= 11 is 0. The maximum atomic E-state index is 13.4. The molecule has 2 aromatic heterocycles. The summed E-state index contributed by atoms with van der Waals surface area (Å²) in [6.07, 6.45) is -4.42. The van der Waals surface area contributed by atoms with Crippen LogP contribution >= 0.6 is 0 Å². The highest BCUT2D eigenvalue weighted by Crippen LogP contribution is 2.38. The largest absolute Gasteiger partial charge is 0.435 e. The van der Waals surface area contributed by atoms with E-state index in [2.05, 4.69) is 10.1 Å². The number of aromatic nitrogens is 3. The minimum atomic E-state index is -4.68. The van der Waals surface area contributed by atoms with Crippen LogP contribution in [0.3, 0.4) is 0 Å². The van der Waals surface area contributed by atoms with Gasteiger partial charge in [0, 0.05) is 11.3 Å². The Morgan fingerprint density at radius 1 is 1.25 bits per heavy atom. The molecule has 126 valence electrons. The summed E-state index contributed by atoms with van der Waals surface area (Å²) in [5.74, 6) is 0. The molecule has 0 aliphatic carbocycles. The zero-order valence-corrected chi connectivity index (χ0v) is 12.8. The molecule has 0 fully saturated rings. The van der Waals surface area contributed by atoms with Gasteiger partial charge < -0.3 is 10.7 Å². The first-order valence-corrected chi connectivity index (χ1v) is 7.31. The van der Waals surface area contributed by atoms with Crippen LogP contribution in [0.4, 0.5) is 13.2 Å². The third-order valence-corrected chi connectivity index (χ3v) is 3.82. The first-order chi connectivity index (χ1) is 11.3. The van der Waals surface area contributed by atoms with E-state index in [1.165, 1.54) is 0 Å². The highest BCUT2D eigenvalue weighted by Gasteiger charge is 2.39. The van der Waals surface area contributed by atoms with Crippen LogP contribution in [0.1, 0.15) is 17.0 Å². The van der Waals surface area contributed by atoms with Crippen LogP contribution in [0.5, 0.6) is 0 Å². The average molecular weight is 336 g/mol. The summed E-state index contributed by atoms with van der Waals surface area (Å²) in [6, 6.07) is 8.07. The minimum Gasteiger partial charge on any atom is -0.343 e. The molecular weight excluding hydrogens is 321 g/mol. The molecule has 2 heterocycles. The number of halogens is 3. The number of nitrogens with one attached hydrogen (secondary N) is 1. The number of aryl methyl sites for hydroxylation is 1. The summed E-state index contributed by atoms with van der Waals surface area (Å²) in [5, 5.41) is 3.55. The van der Waals surface area contributed by atoms with E-state index < -0.39 is 17.4 Å². The summed E-state index contributed by atoms with van der Waals surface area (Å²) in [4.78, 5) is 15.4. The lowest BCUT2D eigenvalue weighted by Gasteiger charge is -2.07. The Balaban J connectivity index is 2.43. The molecule has 1 aromatic carbocycles. The third kappa shape index (κ3) is 2.58. The van der Waals surface area contributed by atoms with Gasteiger partial charge in [-0.25, -0.2) is 0 Å². The van der Waals surface area contributed by atoms with Crippen molar-refractivity contribution in [3.8, 4) is 11.1 Å². The van der Waals surface area contributed by atoms with Gasteiger partial charge in [-0.2, -0.15) is 22.8 Å². The van der Waals surface area contributed by atoms with Gasteiger partial charge in [0.15, 0.2) is 5.69 Å². The second-order valence-corrected chi connectivity index (χ2v) is 5.42. The molecule has 0 amide bonds. The van der Waals surface area contributed by atoms with E-state index in [1.54, 1.807) is 37.3 Å². The Labute approximate surface area is 134 Å². The van der Waals surface area contributed by atoms with E-state index in [4.69, 9.17) is 5.73 Å². The number of rotatable bonds is 3. The molecule has 0 saturated heterocycles. The predicted molar refractivity (Wildman–Crippen MR) is 83.7 cm³/mol. The van der Waals surface area contributed by atoms with Crippen molar-refractivity contribution in [2.45, 2.75) is 19.5 Å². The summed E-state index contributed by atoms with van der Waals surface area (Å²) < 4.78 is 41.1. The van der Waals surface area contributed by atoms with Crippen LogP contribution < -0.4 is 11.3 Å². The lowest BCUT2D eigenvalue weighted by molar-refractivity contribution is -0.140. The van der Waals surface area contributed by atoms with Crippen molar-refractivity contribution in [3.63, 3.8) is 0 Å². The molecule has 5 nitrogen and oxygen atoms in total. The van der Waals surface area contributed by atoms with Gasteiger partial charge >= 0.3 is 6.18 Å². The van der Waals surface area contributed by atoms with Crippen molar-refractivity contribution in [1.82, 2.24) is 14.6 Å². The average Bonchev–Trinajstić information content (AvgIpc) is 2.92. The molecule has 0 aliphatic heterocycles. The highest BCUT2D eigenvalue weighted by molar-refractivity contribution is 5.80. The summed E-state index contributed by atoms with van der Waals surface area (Å²) in [5.41, 5.74) is 4.85. The number of fused-ring (bicyclic) bond motifs is 1. The van der Waals surface area contributed by atoms with E-state index in [0.717, 1.165) is 4.52 Å². The predicted octanol–water partition coefficient (Wildman–Crippen LogP) is 2.52. The zero-order chi connectivity index (χ0) is 17.5. The lowest BCUT2D eigenvalue weighted by Crippen LogP contribution is -2.24. The van der Waals surface area contributed by atoms with Gasteiger partial charge in [-0.3, -0.25) is 4.79 Å². The van der Waals surface area contributed by atoms with Crippen LogP contribution in [-0.2, 0) is 12.6 Å². The maximum Gasteiger partial charge on any atom is 0.435 e. The fourth-order valence-electron chi connectivity index (χ4n) is 2.74. The first-order valence-electron chi connectivity index (χ1n) is 7.31. The SMILES string of the molecule is Cc1[nH]c2c(-c3ccccc3)c(C(F)(F)F)nn2c(=O)c1CCN. The molecule has 8 heteroatoms. The molecule has 3 N–H and O–H groups in total. The summed E-state index contributed by atoms with van der Waals surface area (Å²) in [6.45, 7) is 1.86. The van der Waals surface area contributed by atoms with Gasteiger partial charge in [0.05, 0.1) is 5.56 Å². The van der Waals surface area contributed by atoms with Crippen molar-refractivity contribution in [1.29, 1.82) is 0 Å². The number of nitrogens with two attached hydrogens (primary N) is 1. The molecular formula is C16H15F3N4O. The van der Waals surface area contributed by atoms with Crippen LogP contribution in [0.25, 0.3) is 16.8 Å². The van der Waals surface area contributed by atoms with Gasteiger partial charge in [0.25, 0.3) is 5.56 Å². The molecule has 0 radical (unpaired) electrons. The van der Waals surface area contributed by atoms with Crippen molar-refractivity contribution in [2.75, 3.05) is 6.54 Å². The van der Waals surface area contributed by atoms with Crippen LogP contribution in [0.15, 0.2) is 35.1 Å². The number of benzene rings is 1. The quantitative estimate of drug-likeness (QED) is 0.772. The molecule has 0 bridgehead atoms. The Kier molecular flexibility index (Phi) is 3.92. The zero-order valence-electron chi connectivity index (χ0n) is 12.8. The third-order valence-electron chi connectivity index (χ3n) is 3.82. The standard InChI is InChI=1S/C16H15F3N4O/c1-9-11(7-8-20)15(24)23-14(21-9)12(10-5-3-2-4-6-10)13(22-23)16(17,18)19/h2-6,21H,7-8,20H2,1H3. The Morgan fingerprint density at radius 3 is 2.50 bits per heavy atom. The lowest BCUT2D eigenvalue weighted by atomic mass is 10.1. The molecule has 3 aromatic rings. The normalized spacial score (nSPS) is 12.0. The number of aromatic amines is 1. The van der Waals surface area contributed by atoms with Gasteiger partial charge in [-0.1, -0.05) is 30.3 Å². The van der Waals surface area contributed by atoms with Crippen LogP contribution in [0.2, 0.25) is 0 Å². The summed E-state index contributed by atoms with van der Waals surface area (Å²) in [7, 11) is 0. The van der Waals surface area contributed by atoms with Crippen molar-refractivity contribution < 1.29 is 13.2 Å². The molecule has 0 atom stereocenters. The Bertz CT molecular complexity index is 942. The molecule has 3 rings (SSSR count). The molecule has 0 spiro atoms. The van der Waals surface area contributed by atoms with Gasteiger partial charge in [0.1, 0.15) is 5.65 Å². The number of hydrogen-bond acceptors (Lipinski definition) is 3. The fourth-order valence-corrected chi connectivity index (χ4v) is 2.74. The Hall–Kier alpha value is -2.61. The van der Waals surface area contributed by atoms with Gasteiger partial charge in [-0.15, -0.1) is 0 Å². The van der Waals surface area contributed by atoms with Crippen molar-refractivity contribution >= 4 is 5.65 Å². The fraction of sp³-hybridized carbons (Fsp3) is 0.250. The monoisotopic (exact) mass is 336 g/mol. The molecule has 24 heavy (non-hydrogen) atoms. The van der Waals surface area contributed by atoms with Crippen LogP contribution in [0, 0.1) is 6.92 Å².